The van der Waals surface area contributed by atoms with E-state index in [9.17, 15) is 9.59 Å². The number of benzene rings is 2. The number of nitrogens with one attached hydrogen (secondary N) is 3. The van der Waals surface area contributed by atoms with Gasteiger partial charge < -0.3 is 20.1 Å². The molecule has 8 heteroatoms. The van der Waals surface area contributed by atoms with Crippen molar-refractivity contribution < 1.29 is 19.1 Å². The van der Waals surface area contributed by atoms with Gasteiger partial charge >= 0.3 is 0 Å². The molecule has 0 aliphatic carbocycles. The van der Waals surface area contributed by atoms with Crippen LogP contribution in [0.25, 0.3) is 0 Å². The minimum absolute atomic E-state index is 0.289. The lowest BCUT2D eigenvalue weighted by atomic mass is 10.1. The third-order valence-electron chi connectivity index (χ3n) is 4.55. The maximum absolute atomic E-state index is 12.7. The molecule has 31 heavy (non-hydrogen) atoms. The highest BCUT2D eigenvalue weighted by Crippen LogP contribution is 2.29. The van der Waals surface area contributed by atoms with Crippen molar-refractivity contribution >= 4 is 23.2 Å². The number of aromatic nitrogens is 2. The highest BCUT2D eigenvalue weighted by atomic mass is 16.5. The normalized spacial score (nSPS) is 10.5. The fraction of sp³-hybridized carbons (Fsp3) is 0.261. The molecule has 3 N–H and O–H groups in total. The smallest absolute Gasteiger partial charge is 0.255 e. The summed E-state index contributed by atoms with van der Waals surface area (Å²) in [7, 11) is 0. The number of rotatable bonds is 8. The van der Waals surface area contributed by atoms with E-state index >= 15 is 0 Å². The molecule has 0 unspecified atom stereocenters. The minimum atomic E-state index is -0.317. The molecule has 3 aromatic rings. The molecule has 0 saturated carbocycles. The maximum atomic E-state index is 12.7. The van der Waals surface area contributed by atoms with E-state index in [1.165, 1.54) is 0 Å². The van der Waals surface area contributed by atoms with E-state index in [2.05, 4.69) is 20.8 Å². The Kier molecular flexibility index (Phi) is 6.92. The molecule has 0 aliphatic heterocycles. The van der Waals surface area contributed by atoms with E-state index in [-0.39, 0.29) is 11.8 Å². The zero-order valence-corrected chi connectivity index (χ0v) is 18.0. The van der Waals surface area contributed by atoms with Gasteiger partial charge in [0.05, 0.1) is 30.3 Å². The van der Waals surface area contributed by atoms with E-state index in [0.717, 1.165) is 5.69 Å². The molecule has 2 amide bonds. The Balaban J connectivity index is 1.75. The van der Waals surface area contributed by atoms with Gasteiger partial charge in [0.15, 0.2) is 11.5 Å². The van der Waals surface area contributed by atoms with Gasteiger partial charge in [0.2, 0.25) is 0 Å². The number of amides is 2. The molecule has 2 aromatic carbocycles. The third kappa shape index (κ3) is 5.22. The highest BCUT2D eigenvalue weighted by molar-refractivity contribution is 6.07. The van der Waals surface area contributed by atoms with E-state index in [1.54, 1.807) is 42.5 Å². The molecule has 1 heterocycles. The predicted molar refractivity (Wildman–Crippen MR) is 119 cm³/mol. The van der Waals surface area contributed by atoms with Crippen LogP contribution < -0.4 is 20.1 Å². The van der Waals surface area contributed by atoms with Crippen LogP contribution in [0.5, 0.6) is 11.5 Å². The van der Waals surface area contributed by atoms with Crippen LogP contribution in [0.1, 0.15) is 46.0 Å². The van der Waals surface area contributed by atoms with E-state index in [1.807, 2.05) is 27.7 Å². The zero-order chi connectivity index (χ0) is 22.4. The molecule has 0 saturated heterocycles. The van der Waals surface area contributed by atoms with Gasteiger partial charge in [-0.25, -0.2) is 0 Å². The number of hydrogen-bond donors (Lipinski definition) is 3. The topological polar surface area (TPSA) is 105 Å². The number of carbonyl (C=O) groups is 2. The number of H-pyrrole nitrogens is 1. The molecule has 0 fully saturated rings. The van der Waals surface area contributed by atoms with Crippen molar-refractivity contribution in [2.45, 2.75) is 27.7 Å². The van der Waals surface area contributed by atoms with Crippen LogP contribution in [-0.4, -0.2) is 35.2 Å². The fourth-order valence-corrected chi connectivity index (χ4v) is 3.05. The van der Waals surface area contributed by atoms with Crippen molar-refractivity contribution in [2.75, 3.05) is 23.8 Å². The lowest BCUT2D eigenvalue weighted by Gasteiger charge is -2.13. The Labute approximate surface area is 181 Å². The number of aromatic amines is 1. The van der Waals surface area contributed by atoms with Crippen molar-refractivity contribution in [2.24, 2.45) is 0 Å². The highest BCUT2D eigenvalue weighted by Gasteiger charge is 2.15. The number of ether oxygens (including phenoxy) is 2. The number of carbonyl (C=O) groups excluding carboxylic acids is 2. The van der Waals surface area contributed by atoms with Gasteiger partial charge in [-0.15, -0.1) is 0 Å². The molecule has 0 spiro atoms. The average Bonchev–Trinajstić information content (AvgIpc) is 3.07. The van der Waals surface area contributed by atoms with Crippen LogP contribution in [0.15, 0.2) is 42.5 Å². The summed E-state index contributed by atoms with van der Waals surface area (Å²) in [6.07, 6.45) is 0. The summed E-state index contributed by atoms with van der Waals surface area (Å²) < 4.78 is 11.1. The first kappa shape index (κ1) is 21.9. The summed E-state index contributed by atoms with van der Waals surface area (Å²) in [6, 6.07) is 11.8. The summed E-state index contributed by atoms with van der Waals surface area (Å²) >= 11 is 0. The van der Waals surface area contributed by atoms with Crippen molar-refractivity contribution in [3.8, 4) is 11.5 Å². The minimum Gasteiger partial charge on any atom is -0.490 e. The molecule has 0 radical (unpaired) electrons. The first-order valence-corrected chi connectivity index (χ1v) is 10.1. The molecular weight excluding hydrogens is 396 g/mol. The molecule has 162 valence electrons. The van der Waals surface area contributed by atoms with E-state index < -0.39 is 0 Å². The standard InChI is InChI=1S/C23H26N4O4/c1-5-30-19-11-10-17(13-20(19)31-6-2)22(28)24-18-9-7-8-16(12-18)23(29)25-21-14(3)26-27-15(21)4/h7-13H,5-6H2,1-4H3,(H,24,28)(H,25,29)(H,26,27). The lowest BCUT2D eigenvalue weighted by molar-refractivity contribution is 0.101. The molecule has 0 aliphatic rings. The molecule has 8 nitrogen and oxygen atoms in total. The summed E-state index contributed by atoms with van der Waals surface area (Å²) in [5.41, 5.74) is 3.47. The largest absolute Gasteiger partial charge is 0.490 e. The number of aryl methyl sites for hydroxylation is 2. The zero-order valence-electron chi connectivity index (χ0n) is 18.0. The second-order valence-electron chi connectivity index (χ2n) is 6.83. The summed E-state index contributed by atoms with van der Waals surface area (Å²) in [6.45, 7) is 8.35. The Morgan fingerprint density at radius 2 is 1.58 bits per heavy atom. The van der Waals surface area contributed by atoms with Crippen LogP contribution in [0.2, 0.25) is 0 Å². The number of anilines is 2. The van der Waals surface area contributed by atoms with E-state index in [4.69, 9.17) is 9.47 Å². The maximum Gasteiger partial charge on any atom is 0.255 e. The molecule has 1 aromatic heterocycles. The number of nitrogens with zero attached hydrogens (tertiary/aromatic N) is 1. The SMILES string of the molecule is CCOc1ccc(C(=O)Nc2cccc(C(=O)Nc3c(C)n[nH]c3C)c2)cc1OCC. The van der Waals surface area contributed by atoms with E-state index in [0.29, 0.717) is 52.9 Å². The fourth-order valence-electron chi connectivity index (χ4n) is 3.05. The third-order valence-corrected chi connectivity index (χ3v) is 4.55. The Morgan fingerprint density at radius 3 is 2.26 bits per heavy atom. The summed E-state index contributed by atoms with van der Waals surface area (Å²) in [4.78, 5) is 25.4. The Bertz CT molecular complexity index is 1070. The molecule has 0 atom stereocenters. The molecular formula is C23H26N4O4. The van der Waals surface area contributed by atoms with Gasteiger partial charge in [-0.2, -0.15) is 5.10 Å². The Hall–Kier alpha value is -3.81. The quantitative estimate of drug-likeness (QED) is 0.501. The predicted octanol–water partition coefficient (Wildman–Crippen LogP) is 4.33. The van der Waals surface area contributed by atoms with Crippen molar-refractivity contribution in [3.63, 3.8) is 0 Å². The van der Waals surface area contributed by atoms with Crippen LogP contribution in [0.3, 0.4) is 0 Å². The number of hydrogen-bond acceptors (Lipinski definition) is 5. The lowest BCUT2D eigenvalue weighted by Crippen LogP contribution is -2.15. The van der Waals surface area contributed by atoms with Gasteiger partial charge in [0.25, 0.3) is 11.8 Å². The van der Waals surface area contributed by atoms with Crippen LogP contribution in [0, 0.1) is 13.8 Å². The van der Waals surface area contributed by atoms with Gasteiger partial charge in [-0.05, 0) is 64.1 Å². The van der Waals surface area contributed by atoms with Crippen molar-refractivity contribution in [3.05, 3.63) is 65.0 Å². The van der Waals surface area contributed by atoms with Gasteiger partial charge in [0.1, 0.15) is 0 Å². The summed E-state index contributed by atoms with van der Waals surface area (Å²) in [5.74, 6) is 0.492. The monoisotopic (exact) mass is 422 g/mol. The second-order valence-corrected chi connectivity index (χ2v) is 6.83. The van der Waals surface area contributed by atoms with Gasteiger partial charge in [0, 0.05) is 16.8 Å². The first-order valence-electron chi connectivity index (χ1n) is 10.1. The second kappa shape index (κ2) is 9.80. The van der Waals surface area contributed by atoms with Crippen LogP contribution in [-0.2, 0) is 0 Å². The summed E-state index contributed by atoms with van der Waals surface area (Å²) in [5, 5.41) is 12.6. The van der Waals surface area contributed by atoms with Crippen LogP contribution in [0.4, 0.5) is 11.4 Å². The molecule has 3 rings (SSSR count). The Morgan fingerprint density at radius 1 is 0.903 bits per heavy atom. The average molecular weight is 422 g/mol. The van der Waals surface area contributed by atoms with Gasteiger partial charge in [-0.1, -0.05) is 6.07 Å². The van der Waals surface area contributed by atoms with Crippen LogP contribution >= 0.6 is 0 Å². The first-order chi connectivity index (χ1) is 14.9. The molecule has 0 bridgehead atoms. The van der Waals surface area contributed by atoms with Crippen molar-refractivity contribution in [1.29, 1.82) is 0 Å². The van der Waals surface area contributed by atoms with Gasteiger partial charge in [-0.3, -0.25) is 14.7 Å². The van der Waals surface area contributed by atoms with Crippen molar-refractivity contribution in [1.82, 2.24) is 10.2 Å².